The molecule has 0 saturated carbocycles. The molecule has 2 aromatic carbocycles. The molecule has 0 bridgehead atoms. The van der Waals surface area contributed by atoms with Crippen LogP contribution in [-0.2, 0) is 6.61 Å². The van der Waals surface area contributed by atoms with E-state index in [4.69, 9.17) is 27.5 Å². The van der Waals surface area contributed by atoms with Crippen molar-refractivity contribution in [1.82, 2.24) is 0 Å². The zero-order chi connectivity index (χ0) is 13.8. The standard InChI is InChI=1S/C14H12ClFN2O/c15-13-6-3-11(16)7-10(13)8-19-12-4-1-9(2-5-12)14(17)18/h1-7H,8H2,(H3,17,18). The molecule has 0 aliphatic heterocycles. The van der Waals surface area contributed by atoms with Gasteiger partial charge in [0, 0.05) is 16.1 Å². The lowest BCUT2D eigenvalue weighted by Crippen LogP contribution is -2.10. The fraction of sp³-hybridized carbons (Fsp3) is 0.0714. The van der Waals surface area contributed by atoms with Crippen molar-refractivity contribution in [2.75, 3.05) is 0 Å². The number of ether oxygens (including phenoxy) is 1. The molecule has 5 heteroatoms. The summed E-state index contributed by atoms with van der Waals surface area (Å²) in [5, 5.41) is 7.73. The van der Waals surface area contributed by atoms with Crippen LogP contribution in [0.15, 0.2) is 42.5 Å². The lowest BCUT2D eigenvalue weighted by molar-refractivity contribution is 0.305. The lowest BCUT2D eigenvalue weighted by atomic mass is 10.2. The van der Waals surface area contributed by atoms with Gasteiger partial charge in [0.15, 0.2) is 0 Å². The van der Waals surface area contributed by atoms with Gasteiger partial charge in [-0.15, -0.1) is 0 Å². The minimum absolute atomic E-state index is 0.000255. The molecule has 0 unspecified atom stereocenters. The summed E-state index contributed by atoms with van der Waals surface area (Å²) in [6, 6.07) is 10.9. The Morgan fingerprint density at radius 2 is 1.89 bits per heavy atom. The van der Waals surface area contributed by atoms with Crippen LogP contribution in [0.25, 0.3) is 0 Å². The van der Waals surface area contributed by atoms with Gasteiger partial charge >= 0.3 is 0 Å². The van der Waals surface area contributed by atoms with Crippen LogP contribution in [0.4, 0.5) is 4.39 Å². The van der Waals surface area contributed by atoms with Gasteiger partial charge in [-0.05, 0) is 42.5 Å². The third kappa shape index (κ3) is 3.45. The molecule has 3 N–H and O–H groups in total. The highest BCUT2D eigenvalue weighted by atomic mass is 35.5. The number of hydrogen-bond acceptors (Lipinski definition) is 2. The Bertz CT molecular complexity index is 599. The van der Waals surface area contributed by atoms with Gasteiger partial charge in [0.1, 0.15) is 24.0 Å². The van der Waals surface area contributed by atoms with E-state index in [0.29, 0.717) is 21.9 Å². The van der Waals surface area contributed by atoms with Crippen molar-refractivity contribution in [3.05, 3.63) is 64.4 Å². The molecule has 0 amide bonds. The van der Waals surface area contributed by atoms with Crippen LogP contribution in [0, 0.1) is 11.2 Å². The number of hydrogen-bond donors (Lipinski definition) is 2. The highest BCUT2D eigenvalue weighted by Gasteiger charge is 2.04. The van der Waals surface area contributed by atoms with E-state index in [1.807, 2.05) is 0 Å². The van der Waals surface area contributed by atoms with Gasteiger partial charge < -0.3 is 10.5 Å². The average Bonchev–Trinajstić information content (AvgIpc) is 2.40. The molecule has 3 nitrogen and oxygen atoms in total. The van der Waals surface area contributed by atoms with Crippen LogP contribution < -0.4 is 10.5 Å². The van der Waals surface area contributed by atoms with Gasteiger partial charge in [-0.2, -0.15) is 0 Å². The minimum atomic E-state index is -0.352. The van der Waals surface area contributed by atoms with Crippen molar-refractivity contribution in [2.24, 2.45) is 5.73 Å². The number of benzene rings is 2. The monoisotopic (exact) mass is 278 g/mol. The van der Waals surface area contributed by atoms with Crippen LogP contribution in [0.5, 0.6) is 5.75 Å². The highest BCUT2D eigenvalue weighted by Crippen LogP contribution is 2.20. The van der Waals surface area contributed by atoms with E-state index in [9.17, 15) is 4.39 Å². The summed E-state index contributed by atoms with van der Waals surface area (Å²) in [5.74, 6) is 0.250. The van der Waals surface area contributed by atoms with E-state index in [1.165, 1.54) is 18.2 Å². The molecule has 2 rings (SSSR count). The minimum Gasteiger partial charge on any atom is -0.489 e. The molecular formula is C14H12ClFN2O. The lowest BCUT2D eigenvalue weighted by Gasteiger charge is -2.08. The van der Waals surface area contributed by atoms with Crippen molar-refractivity contribution >= 4 is 17.4 Å². The molecule has 0 aliphatic rings. The Kier molecular flexibility index (Phi) is 4.02. The zero-order valence-electron chi connectivity index (χ0n) is 9.99. The van der Waals surface area contributed by atoms with E-state index >= 15 is 0 Å². The highest BCUT2D eigenvalue weighted by molar-refractivity contribution is 6.31. The van der Waals surface area contributed by atoms with E-state index in [2.05, 4.69) is 0 Å². The predicted molar refractivity (Wildman–Crippen MR) is 73.2 cm³/mol. The second-order valence-electron chi connectivity index (χ2n) is 3.96. The van der Waals surface area contributed by atoms with Gasteiger partial charge in [0.2, 0.25) is 0 Å². The second-order valence-corrected chi connectivity index (χ2v) is 4.37. The van der Waals surface area contributed by atoms with Crippen molar-refractivity contribution in [1.29, 1.82) is 5.41 Å². The fourth-order valence-corrected chi connectivity index (χ4v) is 1.72. The van der Waals surface area contributed by atoms with Gasteiger partial charge in [-0.25, -0.2) is 4.39 Å². The van der Waals surface area contributed by atoms with Crippen LogP contribution in [0.3, 0.4) is 0 Å². The Morgan fingerprint density at radius 1 is 1.21 bits per heavy atom. The van der Waals surface area contributed by atoms with E-state index in [1.54, 1.807) is 24.3 Å². The Balaban J connectivity index is 2.06. The summed E-state index contributed by atoms with van der Waals surface area (Å²) >= 11 is 5.94. The van der Waals surface area contributed by atoms with E-state index in [-0.39, 0.29) is 18.3 Å². The molecule has 0 aromatic heterocycles. The quantitative estimate of drug-likeness (QED) is 0.666. The summed E-state index contributed by atoms with van der Waals surface area (Å²) in [7, 11) is 0. The molecule has 19 heavy (non-hydrogen) atoms. The zero-order valence-corrected chi connectivity index (χ0v) is 10.7. The Labute approximate surface area is 115 Å². The normalized spacial score (nSPS) is 10.2. The second kappa shape index (κ2) is 5.71. The summed E-state index contributed by atoms with van der Waals surface area (Å²) in [4.78, 5) is 0. The topological polar surface area (TPSA) is 59.1 Å². The van der Waals surface area contributed by atoms with E-state index < -0.39 is 0 Å². The fourth-order valence-electron chi connectivity index (χ4n) is 1.55. The number of nitrogens with one attached hydrogen (secondary N) is 1. The maximum atomic E-state index is 13.1. The van der Waals surface area contributed by atoms with Crippen molar-refractivity contribution in [2.45, 2.75) is 6.61 Å². The third-order valence-electron chi connectivity index (χ3n) is 2.57. The molecular weight excluding hydrogens is 267 g/mol. The van der Waals surface area contributed by atoms with Crippen LogP contribution >= 0.6 is 11.6 Å². The molecule has 2 aromatic rings. The first-order chi connectivity index (χ1) is 9.06. The van der Waals surface area contributed by atoms with Gasteiger partial charge in [0.05, 0.1) is 0 Å². The maximum Gasteiger partial charge on any atom is 0.123 e. The number of halogens is 2. The molecule has 98 valence electrons. The molecule has 0 spiro atoms. The van der Waals surface area contributed by atoms with E-state index in [0.717, 1.165) is 0 Å². The van der Waals surface area contributed by atoms with Crippen molar-refractivity contribution < 1.29 is 9.13 Å². The smallest absolute Gasteiger partial charge is 0.123 e. The molecule has 0 radical (unpaired) electrons. The van der Waals surface area contributed by atoms with Gasteiger partial charge in [0.25, 0.3) is 0 Å². The van der Waals surface area contributed by atoms with Crippen molar-refractivity contribution in [3.63, 3.8) is 0 Å². The van der Waals surface area contributed by atoms with Crippen LogP contribution in [-0.4, -0.2) is 5.84 Å². The first-order valence-electron chi connectivity index (χ1n) is 5.57. The third-order valence-corrected chi connectivity index (χ3v) is 2.94. The van der Waals surface area contributed by atoms with Gasteiger partial charge in [-0.3, -0.25) is 5.41 Å². The summed E-state index contributed by atoms with van der Waals surface area (Å²) in [6.07, 6.45) is 0. The molecule has 0 saturated heterocycles. The number of nitrogens with two attached hydrogens (primary N) is 1. The van der Waals surface area contributed by atoms with Crippen molar-refractivity contribution in [3.8, 4) is 5.75 Å². The van der Waals surface area contributed by atoms with Crippen LogP contribution in [0.1, 0.15) is 11.1 Å². The number of rotatable bonds is 4. The summed E-state index contributed by atoms with van der Waals surface area (Å²) in [5.41, 5.74) is 6.55. The molecule has 0 fully saturated rings. The maximum absolute atomic E-state index is 13.1. The molecule has 0 aliphatic carbocycles. The first kappa shape index (κ1) is 13.4. The Morgan fingerprint density at radius 3 is 2.53 bits per heavy atom. The number of nitrogen functional groups attached to an aromatic ring is 1. The largest absolute Gasteiger partial charge is 0.489 e. The number of amidine groups is 1. The summed E-state index contributed by atoms with van der Waals surface area (Å²) in [6.45, 7) is 0.177. The molecule has 0 heterocycles. The SMILES string of the molecule is N=C(N)c1ccc(OCc2cc(F)ccc2Cl)cc1. The first-order valence-corrected chi connectivity index (χ1v) is 5.95. The summed E-state index contributed by atoms with van der Waals surface area (Å²) < 4.78 is 18.6. The average molecular weight is 279 g/mol. The molecule has 0 atom stereocenters. The van der Waals surface area contributed by atoms with Crippen LogP contribution in [0.2, 0.25) is 5.02 Å². The van der Waals surface area contributed by atoms with Gasteiger partial charge in [-0.1, -0.05) is 11.6 Å². The Hall–Kier alpha value is -2.07. The predicted octanol–water partition coefficient (Wildman–Crippen LogP) is 3.34.